The molecule has 1 aliphatic heterocycles. The normalized spacial score (nSPS) is 24.7. The van der Waals surface area contributed by atoms with Crippen LogP contribution in [0.15, 0.2) is 0 Å². The topological polar surface area (TPSA) is 41.1 Å². The average Bonchev–Trinajstić information content (AvgIpc) is 2.78. The zero-order valence-electron chi connectivity index (χ0n) is 13.2. The van der Waals surface area contributed by atoms with Crippen LogP contribution in [0.1, 0.15) is 66.2 Å². The summed E-state index contributed by atoms with van der Waals surface area (Å²) in [5.74, 6) is 1.03. The first-order chi connectivity index (χ1) is 9.00. The van der Waals surface area contributed by atoms with Gasteiger partial charge in [0.25, 0.3) is 0 Å². The molecule has 0 bridgehead atoms. The van der Waals surface area contributed by atoms with Crippen molar-refractivity contribution < 1.29 is 4.79 Å². The molecule has 2 atom stereocenters. The van der Waals surface area contributed by atoms with Crippen molar-refractivity contribution in [3.8, 4) is 0 Å². The SMILES string of the molecule is CCCC1(C(=O)NC(C)CCCC(C)C)CCNC1. The number of carbonyl (C=O) groups excluding carboxylic acids is 1. The molecule has 1 fully saturated rings. The summed E-state index contributed by atoms with van der Waals surface area (Å²) >= 11 is 0. The Bertz CT molecular complexity index is 270. The van der Waals surface area contributed by atoms with Gasteiger partial charge in [-0.25, -0.2) is 0 Å². The van der Waals surface area contributed by atoms with Crippen LogP contribution in [0.4, 0.5) is 0 Å². The summed E-state index contributed by atoms with van der Waals surface area (Å²) < 4.78 is 0. The fraction of sp³-hybridized carbons (Fsp3) is 0.938. The smallest absolute Gasteiger partial charge is 0.227 e. The second-order valence-electron chi connectivity index (χ2n) is 6.66. The van der Waals surface area contributed by atoms with Crippen LogP contribution in [-0.4, -0.2) is 25.0 Å². The molecule has 3 nitrogen and oxygen atoms in total. The van der Waals surface area contributed by atoms with Crippen molar-refractivity contribution in [2.75, 3.05) is 13.1 Å². The molecule has 1 amide bonds. The Kier molecular flexibility index (Phi) is 6.84. The van der Waals surface area contributed by atoms with E-state index in [4.69, 9.17) is 0 Å². The van der Waals surface area contributed by atoms with E-state index < -0.39 is 0 Å². The van der Waals surface area contributed by atoms with Crippen molar-refractivity contribution in [2.24, 2.45) is 11.3 Å². The van der Waals surface area contributed by atoms with Gasteiger partial charge in [0.1, 0.15) is 0 Å². The summed E-state index contributed by atoms with van der Waals surface area (Å²) in [7, 11) is 0. The Morgan fingerprint density at radius 2 is 2.05 bits per heavy atom. The highest BCUT2D eigenvalue weighted by molar-refractivity contribution is 5.83. The third-order valence-corrected chi connectivity index (χ3v) is 4.25. The zero-order chi connectivity index (χ0) is 14.3. The summed E-state index contributed by atoms with van der Waals surface area (Å²) in [6.07, 6.45) is 6.63. The monoisotopic (exact) mass is 268 g/mol. The molecule has 19 heavy (non-hydrogen) atoms. The largest absolute Gasteiger partial charge is 0.353 e. The summed E-state index contributed by atoms with van der Waals surface area (Å²) in [4.78, 5) is 12.5. The van der Waals surface area contributed by atoms with Crippen LogP contribution in [0.2, 0.25) is 0 Å². The minimum absolute atomic E-state index is 0.138. The Morgan fingerprint density at radius 3 is 2.58 bits per heavy atom. The molecule has 1 saturated heterocycles. The zero-order valence-corrected chi connectivity index (χ0v) is 13.2. The van der Waals surface area contributed by atoms with Crippen LogP contribution in [0.25, 0.3) is 0 Å². The maximum Gasteiger partial charge on any atom is 0.227 e. The highest BCUT2D eigenvalue weighted by Gasteiger charge is 2.40. The van der Waals surface area contributed by atoms with Crippen LogP contribution in [0.3, 0.4) is 0 Å². The van der Waals surface area contributed by atoms with Gasteiger partial charge in [0.15, 0.2) is 0 Å². The lowest BCUT2D eigenvalue weighted by Gasteiger charge is -2.28. The first-order valence-corrected chi connectivity index (χ1v) is 8.02. The van der Waals surface area contributed by atoms with Gasteiger partial charge in [-0.1, -0.05) is 40.0 Å². The molecular weight excluding hydrogens is 236 g/mol. The van der Waals surface area contributed by atoms with Crippen LogP contribution in [0, 0.1) is 11.3 Å². The Hall–Kier alpha value is -0.570. The van der Waals surface area contributed by atoms with E-state index in [2.05, 4.69) is 38.3 Å². The molecule has 1 aliphatic rings. The first-order valence-electron chi connectivity index (χ1n) is 8.02. The van der Waals surface area contributed by atoms with Gasteiger partial charge in [-0.15, -0.1) is 0 Å². The van der Waals surface area contributed by atoms with Crippen molar-refractivity contribution >= 4 is 5.91 Å². The van der Waals surface area contributed by atoms with E-state index in [1.54, 1.807) is 0 Å². The molecule has 0 saturated carbocycles. The Balaban J connectivity index is 2.39. The summed E-state index contributed by atoms with van der Waals surface area (Å²) in [6, 6.07) is 0.306. The molecule has 1 heterocycles. The second-order valence-corrected chi connectivity index (χ2v) is 6.66. The van der Waals surface area contributed by atoms with E-state index in [0.717, 1.165) is 44.7 Å². The fourth-order valence-electron chi connectivity index (χ4n) is 3.02. The third-order valence-electron chi connectivity index (χ3n) is 4.25. The minimum Gasteiger partial charge on any atom is -0.353 e. The van der Waals surface area contributed by atoms with E-state index in [1.807, 2.05) is 0 Å². The van der Waals surface area contributed by atoms with Gasteiger partial charge in [0, 0.05) is 12.6 Å². The minimum atomic E-state index is -0.138. The van der Waals surface area contributed by atoms with Gasteiger partial charge in [-0.3, -0.25) is 4.79 Å². The predicted octanol–water partition coefficient (Wildman–Crippen LogP) is 3.10. The van der Waals surface area contributed by atoms with Gasteiger partial charge >= 0.3 is 0 Å². The van der Waals surface area contributed by atoms with Crippen LogP contribution >= 0.6 is 0 Å². The average molecular weight is 268 g/mol. The van der Waals surface area contributed by atoms with E-state index in [9.17, 15) is 4.79 Å². The quantitative estimate of drug-likeness (QED) is 0.710. The molecule has 0 aromatic heterocycles. The van der Waals surface area contributed by atoms with E-state index >= 15 is 0 Å². The van der Waals surface area contributed by atoms with Crippen LogP contribution in [-0.2, 0) is 4.79 Å². The molecule has 0 aromatic rings. The third kappa shape index (κ3) is 5.13. The maximum atomic E-state index is 12.5. The first kappa shape index (κ1) is 16.5. The Labute approximate surface area is 118 Å². The number of hydrogen-bond donors (Lipinski definition) is 2. The van der Waals surface area contributed by atoms with Crippen molar-refractivity contribution in [3.63, 3.8) is 0 Å². The molecule has 0 aromatic carbocycles. The van der Waals surface area contributed by atoms with Crippen molar-refractivity contribution in [1.29, 1.82) is 0 Å². The van der Waals surface area contributed by atoms with Gasteiger partial charge in [-0.05, 0) is 38.6 Å². The lowest BCUT2D eigenvalue weighted by molar-refractivity contribution is -0.131. The number of rotatable bonds is 8. The lowest BCUT2D eigenvalue weighted by atomic mass is 9.81. The summed E-state index contributed by atoms with van der Waals surface area (Å²) in [5, 5.41) is 6.59. The molecule has 2 N–H and O–H groups in total. The van der Waals surface area contributed by atoms with Gasteiger partial charge in [0.2, 0.25) is 5.91 Å². The molecule has 3 heteroatoms. The molecular formula is C16H32N2O. The van der Waals surface area contributed by atoms with Crippen molar-refractivity contribution in [1.82, 2.24) is 10.6 Å². The summed E-state index contributed by atoms with van der Waals surface area (Å²) in [5.41, 5.74) is -0.138. The van der Waals surface area contributed by atoms with E-state index in [0.29, 0.717) is 6.04 Å². The van der Waals surface area contributed by atoms with Crippen molar-refractivity contribution in [2.45, 2.75) is 72.3 Å². The number of carbonyl (C=O) groups is 1. The highest BCUT2D eigenvalue weighted by atomic mass is 16.2. The van der Waals surface area contributed by atoms with Crippen molar-refractivity contribution in [3.05, 3.63) is 0 Å². The lowest BCUT2D eigenvalue weighted by Crippen LogP contribution is -2.46. The molecule has 2 unspecified atom stereocenters. The number of nitrogens with one attached hydrogen (secondary N) is 2. The number of amides is 1. The van der Waals surface area contributed by atoms with Crippen LogP contribution in [0.5, 0.6) is 0 Å². The Morgan fingerprint density at radius 1 is 1.32 bits per heavy atom. The fourth-order valence-corrected chi connectivity index (χ4v) is 3.02. The van der Waals surface area contributed by atoms with Gasteiger partial charge < -0.3 is 10.6 Å². The van der Waals surface area contributed by atoms with Gasteiger partial charge in [0.05, 0.1) is 5.41 Å². The van der Waals surface area contributed by atoms with E-state index in [1.165, 1.54) is 12.8 Å². The molecule has 0 radical (unpaired) electrons. The molecule has 112 valence electrons. The van der Waals surface area contributed by atoms with Crippen LogP contribution < -0.4 is 10.6 Å². The standard InChI is InChI=1S/C16H32N2O/c1-5-9-16(10-11-17-12-16)15(19)18-14(4)8-6-7-13(2)3/h13-14,17H,5-12H2,1-4H3,(H,18,19). The predicted molar refractivity (Wildman–Crippen MR) is 81.1 cm³/mol. The molecule has 1 rings (SSSR count). The summed E-state index contributed by atoms with van der Waals surface area (Å²) in [6.45, 7) is 10.6. The van der Waals surface area contributed by atoms with Gasteiger partial charge in [-0.2, -0.15) is 0 Å². The second kappa shape index (κ2) is 7.88. The highest BCUT2D eigenvalue weighted by Crippen LogP contribution is 2.31. The maximum absolute atomic E-state index is 12.5. The molecule has 0 aliphatic carbocycles. The number of hydrogen-bond acceptors (Lipinski definition) is 2. The van der Waals surface area contributed by atoms with E-state index in [-0.39, 0.29) is 11.3 Å². The molecule has 0 spiro atoms.